The van der Waals surface area contributed by atoms with Gasteiger partial charge in [0, 0.05) is 0 Å². The third-order valence-corrected chi connectivity index (χ3v) is 1.27. The number of halogens is 1. The van der Waals surface area contributed by atoms with Gasteiger partial charge in [0.15, 0.2) is 0 Å². The zero-order valence-electron chi connectivity index (χ0n) is 7.26. The fourth-order valence-electron chi connectivity index (χ4n) is 0.723. The first kappa shape index (κ1) is 11.0. The maximum absolute atomic E-state index is 4.76. The zero-order chi connectivity index (χ0) is 9.40. The summed E-state index contributed by atoms with van der Waals surface area (Å²) in [6, 6.07) is 10.2. The molecular formula is C11H13Cl. The lowest BCUT2D eigenvalue weighted by molar-refractivity contribution is 1.58. The molecule has 0 aromatic heterocycles. The van der Waals surface area contributed by atoms with Crippen LogP contribution < -0.4 is 0 Å². The van der Waals surface area contributed by atoms with E-state index in [0.717, 1.165) is 5.57 Å². The summed E-state index contributed by atoms with van der Waals surface area (Å²) in [4.78, 5) is 0. The molecule has 0 atom stereocenters. The van der Waals surface area contributed by atoms with Gasteiger partial charge in [-0.05, 0) is 18.0 Å². The summed E-state index contributed by atoms with van der Waals surface area (Å²) in [5, 5.41) is 0. The molecule has 1 aromatic carbocycles. The highest BCUT2D eigenvalue weighted by Crippen LogP contribution is 2.08. The lowest BCUT2D eigenvalue weighted by Crippen LogP contribution is -1.72. The second-order valence-corrected chi connectivity index (χ2v) is 2.61. The summed E-state index contributed by atoms with van der Waals surface area (Å²) in [6.45, 7) is 8.96. The average Bonchev–Trinajstić information content (AvgIpc) is 2.07. The van der Waals surface area contributed by atoms with E-state index < -0.39 is 0 Å². The molecule has 0 N–H and O–H groups in total. The largest absolute Gasteiger partial charge is 0.0955 e. The van der Waals surface area contributed by atoms with Crippen LogP contribution in [0.1, 0.15) is 12.5 Å². The molecule has 0 amide bonds. The predicted octanol–water partition coefficient (Wildman–Crippen LogP) is 4.09. The Bertz CT molecular complexity index is 236. The predicted molar refractivity (Wildman–Crippen MR) is 57.2 cm³/mol. The van der Waals surface area contributed by atoms with E-state index in [9.17, 15) is 0 Å². The van der Waals surface area contributed by atoms with Crippen LogP contribution in [0.2, 0.25) is 0 Å². The van der Waals surface area contributed by atoms with Crippen LogP contribution in [0.3, 0.4) is 0 Å². The van der Waals surface area contributed by atoms with Gasteiger partial charge < -0.3 is 0 Å². The Hall–Kier alpha value is -1.01. The lowest BCUT2D eigenvalue weighted by atomic mass is 10.1. The van der Waals surface area contributed by atoms with Crippen molar-refractivity contribution in [3.05, 3.63) is 54.6 Å². The molecule has 0 unspecified atom stereocenters. The maximum Gasteiger partial charge on any atom is -0.00296 e. The Labute approximate surface area is 79.2 Å². The minimum absolute atomic E-state index is 1.12. The Balaban J connectivity index is 0.000000354. The van der Waals surface area contributed by atoms with Crippen LogP contribution in [0, 0.1) is 0 Å². The zero-order valence-corrected chi connectivity index (χ0v) is 8.01. The number of hydrogen-bond donors (Lipinski definition) is 0. The first-order valence-electron chi connectivity index (χ1n) is 3.64. The number of allylic oxidation sites excluding steroid dienone is 1. The SMILES string of the molecule is C=C(C)c1ccccc1.C=CCl. The third kappa shape index (κ3) is 4.75. The molecule has 0 heterocycles. The van der Waals surface area contributed by atoms with Gasteiger partial charge in [-0.1, -0.05) is 60.7 Å². The standard InChI is InChI=1S/C9H10.C2H3Cl/c1-8(2)9-6-4-3-5-7-9;1-2-3/h3-7H,1H2,2H3;2H,1H2. The number of benzene rings is 1. The molecule has 0 radical (unpaired) electrons. The number of hydrogen-bond acceptors (Lipinski definition) is 0. The normalized spacial score (nSPS) is 7.83. The van der Waals surface area contributed by atoms with Crippen molar-refractivity contribution in [2.45, 2.75) is 6.92 Å². The molecule has 0 spiro atoms. The average molecular weight is 181 g/mol. The van der Waals surface area contributed by atoms with Crippen molar-refractivity contribution in [1.82, 2.24) is 0 Å². The minimum atomic E-state index is 1.12. The van der Waals surface area contributed by atoms with E-state index in [1.165, 1.54) is 11.1 Å². The van der Waals surface area contributed by atoms with Crippen molar-refractivity contribution >= 4 is 17.2 Å². The van der Waals surface area contributed by atoms with Crippen LogP contribution in [-0.2, 0) is 0 Å². The molecule has 0 nitrogen and oxygen atoms in total. The van der Waals surface area contributed by atoms with Gasteiger partial charge in [-0.25, -0.2) is 0 Å². The van der Waals surface area contributed by atoms with Crippen LogP contribution in [-0.4, -0.2) is 0 Å². The molecule has 0 saturated carbocycles. The van der Waals surface area contributed by atoms with Crippen LogP contribution in [0.5, 0.6) is 0 Å². The molecule has 0 aliphatic rings. The van der Waals surface area contributed by atoms with Crippen LogP contribution in [0.15, 0.2) is 49.0 Å². The third-order valence-electron chi connectivity index (χ3n) is 1.27. The molecule has 12 heavy (non-hydrogen) atoms. The van der Waals surface area contributed by atoms with Gasteiger partial charge in [-0.15, -0.1) is 0 Å². The molecule has 64 valence electrons. The number of rotatable bonds is 1. The molecule has 1 rings (SSSR count). The summed E-state index contributed by atoms with van der Waals surface area (Å²) in [5.41, 5.74) is 3.56. The van der Waals surface area contributed by atoms with Crippen molar-refractivity contribution in [3.8, 4) is 0 Å². The van der Waals surface area contributed by atoms with Gasteiger partial charge >= 0.3 is 0 Å². The highest BCUT2D eigenvalue weighted by Gasteiger charge is 1.86. The smallest absolute Gasteiger partial charge is 0.00296 e. The van der Waals surface area contributed by atoms with E-state index in [-0.39, 0.29) is 0 Å². The van der Waals surface area contributed by atoms with Crippen molar-refractivity contribution < 1.29 is 0 Å². The molecular weight excluding hydrogens is 168 g/mol. The van der Waals surface area contributed by atoms with Gasteiger partial charge in [-0.2, -0.15) is 0 Å². The fraction of sp³-hybridized carbons (Fsp3) is 0.0909. The molecule has 0 saturated heterocycles. The Morgan fingerprint density at radius 1 is 1.33 bits per heavy atom. The molecule has 1 aromatic rings. The van der Waals surface area contributed by atoms with Crippen molar-refractivity contribution in [2.75, 3.05) is 0 Å². The fourth-order valence-corrected chi connectivity index (χ4v) is 0.723. The van der Waals surface area contributed by atoms with Crippen LogP contribution in [0.4, 0.5) is 0 Å². The summed E-state index contributed by atoms with van der Waals surface area (Å²) < 4.78 is 0. The summed E-state index contributed by atoms with van der Waals surface area (Å²) in [6.07, 6.45) is 0. The first-order chi connectivity index (χ1) is 5.72. The maximum atomic E-state index is 4.76. The molecule has 0 aliphatic carbocycles. The quantitative estimate of drug-likeness (QED) is 0.611. The minimum Gasteiger partial charge on any atom is -0.0955 e. The molecule has 0 bridgehead atoms. The van der Waals surface area contributed by atoms with E-state index in [1.54, 1.807) is 0 Å². The van der Waals surface area contributed by atoms with E-state index >= 15 is 0 Å². The topological polar surface area (TPSA) is 0 Å². The lowest BCUT2D eigenvalue weighted by Gasteiger charge is -1.94. The molecule has 1 heteroatoms. The molecule has 0 fully saturated rings. The Morgan fingerprint density at radius 3 is 2.00 bits per heavy atom. The van der Waals surface area contributed by atoms with E-state index in [0.29, 0.717) is 0 Å². The second-order valence-electron chi connectivity index (χ2n) is 2.30. The highest BCUT2D eigenvalue weighted by molar-refractivity contribution is 6.25. The summed E-state index contributed by atoms with van der Waals surface area (Å²) in [7, 11) is 0. The first-order valence-corrected chi connectivity index (χ1v) is 4.08. The van der Waals surface area contributed by atoms with Gasteiger partial charge in [0.25, 0.3) is 0 Å². The van der Waals surface area contributed by atoms with E-state index in [2.05, 4.69) is 25.3 Å². The second kappa shape index (κ2) is 6.68. The summed E-state index contributed by atoms with van der Waals surface area (Å²) >= 11 is 4.76. The monoisotopic (exact) mass is 180 g/mol. The Kier molecular flexibility index (Phi) is 6.12. The van der Waals surface area contributed by atoms with Gasteiger partial charge in [-0.3, -0.25) is 0 Å². The van der Waals surface area contributed by atoms with Gasteiger partial charge in [0.05, 0.1) is 0 Å². The van der Waals surface area contributed by atoms with E-state index in [4.69, 9.17) is 11.6 Å². The van der Waals surface area contributed by atoms with Gasteiger partial charge in [0.2, 0.25) is 0 Å². The highest BCUT2D eigenvalue weighted by atomic mass is 35.5. The van der Waals surface area contributed by atoms with Crippen molar-refractivity contribution in [3.63, 3.8) is 0 Å². The van der Waals surface area contributed by atoms with Crippen molar-refractivity contribution in [2.24, 2.45) is 0 Å². The summed E-state index contributed by atoms with van der Waals surface area (Å²) in [5.74, 6) is 0. The van der Waals surface area contributed by atoms with Crippen LogP contribution >= 0.6 is 11.6 Å². The Morgan fingerprint density at radius 2 is 1.75 bits per heavy atom. The van der Waals surface area contributed by atoms with E-state index in [1.807, 2.05) is 25.1 Å². The van der Waals surface area contributed by atoms with Gasteiger partial charge in [0.1, 0.15) is 0 Å². The van der Waals surface area contributed by atoms with Crippen molar-refractivity contribution in [1.29, 1.82) is 0 Å². The van der Waals surface area contributed by atoms with Crippen LogP contribution in [0.25, 0.3) is 5.57 Å². The molecule has 0 aliphatic heterocycles.